The van der Waals surface area contributed by atoms with Gasteiger partial charge in [-0.25, -0.2) is 4.79 Å². The molecule has 0 spiro atoms. The molecule has 188 valence electrons. The summed E-state index contributed by atoms with van der Waals surface area (Å²) < 4.78 is 0.763. The van der Waals surface area contributed by atoms with Crippen LogP contribution in [0.2, 0.25) is 0 Å². The van der Waals surface area contributed by atoms with Gasteiger partial charge in [0.2, 0.25) is 0 Å². The number of para-hydroxylation sites is 1. The number of carbonyl (C=O) groups is 1. The van der Waals surface area contributed by atoms with Crippen molar-refractivity contribution in [1.82, 2.24) is 0 Å². The molecule has 0 saturated carbocycles. The minimum Gasteiger partial charge on any atom is -0.478 e. The van der Waals surface area contributed by atoms with Crippen LogP contribution in [0, 0.1) is 0 Å². The molecule has 0 fully saturated rings. The standard InChI is InChI=1S/C29H43BrN2O2/c1-2-3-4-5-6-7-8-9-10-11-12-13-17-20-28(31-25-18-15-14-16-19-25)32-27-22-21-24(30)23-26(27)29(33)34/h14-16,18-19,21-23,28,31-32H,2-13,17,20H2,1H3,(H,33,34). The lowest BCUT2D eigenvalue weighted by Gasteiger charge is -2.23. The average molecular weight is 532 g/mol. The van der Waals surface area contributed by atoms with Crippen LogP contribution in [0.4, 0.5) is 11.4 Å². The van der Waals surface area contributed by atoms with Gasteiger partial charge < -0.3 is 15.7 Å². The van der Waals surface area contributed by atoms with Crippen molar-refractivity contribution in [3.05, 3.63) is 58.6 Å². The van der Waals surface area contributed by atoms with E-state index in [2.05, 4.69) is 33.5 Å². The van der Waals surface area contributed by atoms with Gasteiger partial charge in [-0.05, 0) is 43.2 Å². The molecule has 1 atom stereocenters. The predicted octanol–water partition coefficient (Wildman–Crippen LogP) is 9.48. The summed E-state index contributed by atoms with van der Waals surface area (Å²) in [5.74, 6) is -0.928. The molecule has 34 heavy (non-hydrogen) atoms. The largest absolute Gasteiger partial charge is 0.478 e. The Hall–Kier alpha value is -2.01. The highest BCUT2D eigenvalue weighted by atomic mass is 79.9. The number of unbranched alkanes of at least 4 members (excludes halogenated alkanes) is 12. The maximum atomic E-state index is 11.7. The van der Waals surface area contributed by atoms with Crippen molar-refractivity contribution in [2.75, 3.05) is 10.6 Å². The zero-order chi connectivity index (χ0) is 24.4. The molecular weight excluding hydrogens is 488 g/mol. The van der Waals surface area contributed by atoms with E-state index in [-0.39, 0.29) is 11.7 Å². The van der Waals surface area contributed by atoms with Crippen molar-refractivity contribution in [3.63, 3.8) is 0 Å². The molecule has 2 rings (SSSR count). The Bertz CT molecular complexity index is 813. The minimum atomic E-state index is -0.928. The zero-order valence-corrected chi connectivity index (χ0v) is 22.4. The lowest BCUT2D eigenvalue weighted by molar-refractivity contribution is 0.0698. The molecule has 1 unspecified atom stereocenters. The first-order chi connectivity index (χ1) is 16.6. The molecule has 0 aliphatic carbocycles. The number of anilines is 2. The molecule has 4 nitrogen and oxygen atoms in total. The molecule has 0 aromatic heterocycles. The van der Waals surface area contributed by atoms with Crippen molar-refractivity contribution >= 4 is 33.3 Å². The van der Waals surface area contributed by atoms with Crippen LogP contribution in [-0.4, -0.2) is 17.2 Å². The van der Waals surface area contributed by atoms with Gasteiger partial charge in [0.05, 0.1) is 17.4 Å². The van der Waals surface area contributed by atoms with Gasteiger partial charge >= 0.3 is 5.97 Å². The van der Waals surface area contributed by atoms with Crippen LogP contribution in [0.3, 0.4) is 0 Å². The summed E-state index contributed by atoms with van der Waals surface area (Å²) in [7, 11) is 0. The van der Waals surface area contributed by atoms with E-state index in [4.69, 9.17) is 0 Å². The normalized spacial score (nSPS) is 11.8. The van der Waals surface area contributed by atoms with Crippen molar-refractivity contribution in [2.24, 2.45) is 0 Å². The zero-order valence-electron chi connectivity index (χ0n) is 20.8. The number of halogens is 1. The van der Waals surface area contributed by atoms with Gasteiger partial charge in [-0.15, -0.1) is 0 Å². The lowest BCUT2D eigenvalue weighted by atomic mass is 10.0. The number of rotatable bonds is 19. The summed E-state index contributed by atoms with van der Waals surface area (Å²) in [6.45, 7) is 2.27. The maximum Gasteiger partial charge on any atom is 0.337 e. The second-order valence-electron chi connectivity index (χ2n) is 9.23. The summed E-state index contributed by atoms with van der Waals surface area (Å²) in [5.41, 5.74) is 1.95. The van der Waals surface area contributed by atoms with E-state index in [9.17, 15) is 9.90 Å². The monoisotopic (exact) mass is 530 g/mol. The number of benzene rings is 2. The topological polar surface area (TPSA) is 61.4 Å². The molecule has 0 radical (unpaired) electrons. The number of hydrogen-bond acceptors (Lipinski definition) is 3. The van der Waals surface area contributed by atoms with Crippen LogP contribution in [0.1, 0.15) is 107 Å². The lowest BCUT2D eigenvalue weighted by Crippen LogP contribution is -2.29. The van der Waals surface area contributed by atoms with Crippen LogP contribution >= 0.6 is 15.9 Å². The Kier molecular flexibility index (Phi) is 14.5. The maximum absolute atomic E-state index is 11.7. The first-order valence-corrected chi connectivity index (χ1v) is 14.0. The Balaban J connectivity index is 1.72. The van der Waals surface area contributed by atoms with Crippen molar-refractivity contribution in [1.29, 1.82) is 0 Å². The molecule has 0 bridgehead atoms. The molecule has 5 heteroatoms. The Morgan fingerprint density at radius 2 is 1.35 bits per heavy atom. The third-order valence-corrected chi connectivity index (χ3v) is 6.75. The van der Waals surface area contributed by atoms with Gasteiger partial charge in [0.1, 0.15) is 0 Å². The molecule has 0 saturated heterocycles. The van der Waals surface area contributed by atoms with Crippen molar-refractivity contribution in [2.45, 2.75) is 103 Å². The molecule has 0 heterocycles. The van der Waals surface area contributed by atoms with Crippen LogP contribution in [-0.2, 0) is 0 Å². The highest BCUT2D eigenvalue weighted by Gasteiger charge is 2.15. The summed E-state index contributed by atoms with van der Waals surface area (Å²) in [5, 5.41) is 16.6. The number of aromatic carboxylic acids is 1. The molecule has 0 amide bonds. The molecule has 2 aromatic rings. The summed E-state index contributed by atoms with van der Waals surface area (Å²) in [6, 6.07) is 15.4. The van der Waals surface area contributed by atoms with Crippen molar-refractivity contribution in [3.8, 4) is 0 Å². The van der Waals surface area contributed by atoms with Gasteiger partial charge in [0.25, 0.3) is 0 Å². The number of nitrogens with one attached hydrogen (secondary N) is 2. The SMILES string of the molecule is CCCCCCCCCCCCCCCC(Nc1ccccc1)Nc1ccc(Br)cc1C(=O)O. The molecule has 0 aliphatic rings. The van der Waals surface area contributed by atoms with E-state index in [1.54, 1.807) is 6.07 Å². The third kappa shape index (κ3) is 11.9. The Morgan fingerprint density at radius 3 is 1.91 bits per heavy atom. The van der Waals surface area contributed by atoms with E-state index >= 15 is 0 Å². The smallest absolute Gasteiger partial charge is 0.337 e. The van der Waals surface area contributed by atoms with E-state index in [0.29, 0.717) is 5.69 Å². The molecule has 2 aromatic carbocycles. The van der Waals surface area contributed by atoms with Gasteiger partial charge in [0, 0.05) is 10.2 Å². The molecule has 3 N–H and O–H groups in total. The average Bonchev–Trinajstić information content (AvgIpc) is 2.83. The van der Waals surface area contributed by atoms with Gasteiger partial charge in [-0.2, -0.15) is 0 Å². The minimum absolute atomic E-state index is 0.0330. The second kappa shape index (κ2) is 17.4. The van der Waals surface area contributed by atoms with Gasteiger partial charge in [-0.3, -0.25) is 0 Å². The number of hydrogen-bond donors (Lipinski definition) is 3. The van der Waals surface area contributed by atoms with Crippen LogP contribution in [0.25, 0.3) is 0 Å². The van der Waals surface area contributed by atoms with Crippen LogP contribution in [0.5, 0.6) is 0 Å². The van der Waals surface area contributed by atoms with Gasteiger partial charge in [0.15, 0.2) is 0 Å². The predicted molar refractivity (Wildman–Crippen MR) is 149 cm³/mol. The van der Waals surface area contributed by atoms with E-state index in [1.165, 1.54) is 77.0 Å². The summed E-state index contributed by atoms with van der Waals surface area (Å²) >= 11 is 3.38. The first-order valence-electron chi connectivity index (χ1n) is 13.2. The van der Waals surface area contributed by atoms with E-state index in [1.807, 2.05) is 42.5 Å². The fraction of sp³-hybridized carbons (Fsp3) is 0.552. The van der Waals surface area contributed by atoms with Gasteiger partial charge in [-0.1, -0.05) is 118 Å². The Labute approximate surface area is 215 Å². The van der Waals surface area contributed by atoms with Crippen LogP contribution in [0.15, 0.2) is 53.0 Å². The second-order valence-corrected chi connectivity index (χ2v) is 10.1. The first kappa shape index (κ1) is 28.2. The van der Waals surface area contributed by atoms with Crippen LogP contribution < -0.4 is 10.6 Å². The number of carboxylic acids is 1. The summed E-state index contributed by atoms with van der Waals surface area (Å²) in [6.07, 6.45) is 18.2. The molecule has 0 aliphatic heterocycles. The Morgan fingerprint density at radius 1 is 0.794 bits per heavy atom. The summed E-state index contributed by atoms with van der Waals surface area (Å²) in [4.78, 5) is 11.7. The molecular formula is C29H43BrN2O2. The third-order valence-electron chi connectivity index (χ3n) is 6.25. The fourth-order valence-corrected chi connectivity index (χ4v) is 4.65. The van der Waals surface area contributed by atoms with E-state index < -0.39 is 5.97 Å². The van der Waals surface area contributed by atoms with E-state index in [0.717, 1.165) is 23.0 Å². The van der Waals surface area contributed by atoms with Crippen molar-refractivity contribution < 1.29 is 9.90 Å². The fourth-order valence-electron chi connectivity index (χ4n) is 4.29. The number of carboxylic acid groups (broad SMARTS) is 1. The quantitative estimate of drug-likeness (QED) is 0.125. The highest BCUT2D eigenvalue weighted by Crippen LogP contribution is 2.24. The highest BCUT2D eigenvalue weighted by molar-refractivity contribution is 9.10.